The molecule has 0 saturated heterocycles. The van der Waals surface area contributed by atoms with E-state index in [9.17, 15) is 0 Å². The van der Waals surface area contributed by atoms with E-state index in [-0.39, 0.29) is 0 Å². The maximum absolute atomic E-state index is 2.40. The van der Waals surface area contributed by atoms with E-state index in [1.165, 1.54) is 60.8 Å². The fourth-order valence-electron chi connectivity index (χ4n) is 2.04. The number of unbranched alkanes of at least 4 members (excludes halogenated alkanes) is 1. The molecule has 0 aromatic heterocycles. The monoisotopic (exact) mass is 274 g/mol. The molecule has 0 unspecified atom stereocenters. The van der Waals surface area contributed by atoms with Gasteiger partial charge in [0.2, 0.25) is 0 Å². The lowest BCUT2D eigenvalue weighted by atomic mass is 10.1. The Bertz CT molecular complexity index is 329. The van der Waals surface area contributed by atoms with Crippen LogP contribution in [0.2, 0.25) is 0 Å². The summed E-state index contributed by atoms with van der Waals surface area (Å²) in [5.74, 6) is 0. The van der Waals surface area contributed by atoms with Gasteiger partial charge in [-0.25, -0.2) is 0 Å². The second kappa shape index (κ2) is 11.8. The molecule has 0 heteroatoms. The predicted molar refractivity (Wildman–Crippen MR) is 94.1 cm³/mol. The zero-order valence-corrected chi connectivity index (χ0v) is 14.6. The third-order valence-corrected chi connectivity index (χ3v) is 3.33. The molecule has 0 amide bonds. The molecule has 0 fully saturated rings. The molecule has 0 saturated carbocycles. The summed E-state index contributed by atoms with van der Waals surface area (Å²) in [5, 5.41) is 0. The van der Waals surface area contributed by atoms with Crippen LogP contribution in [-0.2, 0) is 0 Å². The Morgan fingerprint density at radius 3 is 1.15 bits per heavy atom. The van der Waals surface area contributed by atoms with Crippen LogP contribution in [0.4, 0.5) is 0 Å². The van der Waals surface area contributed by atoms with Crippen molar-refractivity contribution in [1.29, 1.82) is 0 Å². The van der Waals surface area contributed by atoms with Crippen LogP contribution in [0.25, 0.3) is 0 Å². The highest BCUT2D eigenvalue weighted by Gasteiger charge is 1.91. The first-order valence-corrected chi connectivity index (χ1v) is 7.99. The lowest BCUT2D eigenvalue weighted by Crippen LogP contribution is -1.80. The molecule has 0 aromatic carbocycles. The van der Waals surface area contributed by atoms with Crippen LogP contribution in [0.1, 0.15) is 80.1 Å². The first-order chi connectivity index (χ1) is 9.41. The quantitative estimate of drug-likeness (QED) is 0.309. The van der Waals surface area contributed by atoms with Crippen LogP contribution in [0.5, 0.6) is 0 Å². The van der Waals surface area contributed by atoms with Gasteiger partial charge in [-0.1, -0.05) is 46.6 Å². The van der Waals surface area contributed by atoms with Crippen molar-refractivity contribution in [2.75, 3.05) is 0 Å². The van der Waals surface area contributed by atoms with Gasteiger partial charge in [0.1, 0.15) is 0 Å². The van der Waals surface area contributed by atoms with E-state index >= 15 is 0 Å². The average Bonchev–Trinajstić information content (AvgIpc) is 2.33. The molecule has 0 heterocycles. The zero-order valence-electron chi connectivity index (χ0n) is 14.6. The summed E-state index contributed by atoms with van der Waals surface area (Å²) in [4.78, 5) is 0. The summed E-state index contributed by atoms with van der Waals surface area (Å²) in [6.07, 6.45) is 16.6. The summed E-state index contributed by atoms with van der Waals surface area (Å²) < 4.78 is 0. The largest absolute Gasteiger partial charge is 0.0856 e. The molecule has 0 N–H and O–H groups in total. The third-order valence-electron chi connectivity index (χ3n) is 3.33. The third kappa shape index (κ3) is 13.4. The number of hydrogen-bond acceptors (Lipinski definition) is 0. The van der Waals surface area contributed by atoms with E-state index in [0.29, 0.717) is 0 Å². The van der Waals surface area contributed by atoms with Gasteiger partial charge >= 0.3 is 0 Å². The van der Waals surface area contributed by atoms with Crippen LogP contribution >= 0.6 is 0 Å². The van der Waals surface area contributed by atoms with E-state index in [1.807, 2.05) is 0 Å². The van der Waals surface area contributed by atoms with Crippen LogP contribution < -0.4 is 0 Å². The van der Waals surface area contributed by atoms with Gasteiger partial charge in [0.25, 0.3) is 0 Å². The van der Waals surface area contributed by atoms with Crippen molar-refractivity contribution in [3.8, 4) is 0 Å². The molecule has 0 spiro atoms. The SMILES string of the molecule is CC(C)=CCC/C(C)=C\CC/C=C(\C)CCC=C(C)C. The molecule has 0 bridgehead atoms. The summed E-state index contributed by atoms with van der Waals surface area (Å²) in [5.41, 5.74) is 5.90. The molecule has 0 aliphatic rings. The highest BCUT2D eigenvalue weighted by molar-refractivity contribution is 5.05. The van der Waals surface area contributed by atoms with Gasteiger partial charge in [0.05, 0.1) is 0 Å². The summed E-state index contributed by atoms with van der Waals surface area (Å²) >= 11 is 0. The maximum Gasteiger partial charge on any atom is -0.0288 e. The van der Waals surface area contributed by atoms with Crippen LogP contribution in [-0.4, -0.2) is 0 Å². The topological polar surface area (TPSA) is 0 Å². The Kier molecular flexibility index (Phi) is 11.1. The predicted octanol–water partition coefficient (Wildman–Crippen LogP) is 7.15. The smallest absolute Gasteiger partial charge is 0.0288 e. The van der Waals surface area contributed by atoms with Crippen molar-refractivity contribution < 1.29 is 0 Å². The van der Waals surface area contributed by atoms with Gasteiger partial charge in [-0.2, -0.15) is 0 Å². The molecule has 0 aliphatic carbocycles. The molecule has 0 atom stereocenters. The minimum Gasteiger partial charge on any atom is -0.0856 e. The normalized spacial score (nSPS) is 12.3. The summed E-state index contributed by atoms with van der Waals surface area (Å²) in [7, 11) is 0. The Morgan fingerprint density at radius 1 is 0.500 bits per heavy atom. The average molecular weight is 274 g/mol. The lowest BCUT2D eigenvalue weighted by Gasteiger charge is -2.00. The van der Waals surface area contributed by atoms with Crippen LogP contribution in [0, 0.1) is 0 Å². The molecular formula is C20H34. The molecule has 0 rings (SSSR count). The van der Waals surface area contributed by atoms with Crippen molar-refractivity contribution in [1.82, 2.24) is 0 Å². The number of rotatable bonds is 9. The molecule has 0 aromatic rings. The molecule has 0 radical (unpaired) electrons. The van der Waals surface area contributed by atoms with E-state index in [2.05, 4.69) is 65.8 Å². The zero-order chi connectivity index (χ0) is 15.4. The summed E-state index contributed by atoms with van der Waals surface area (Å²) in [6, 6.07) is 0. The highest BCUT2D eigenvalue weighted by Crippen LogP contribution is 2.11. The van der Waals surface area contributed by atoms with Gasteiger partial charge in [0.15, 0.2) is 0 Å². The van der Waals surface area contributed by atoms with Gasteiger partial charge in [0, 0.05) is 0 Å². The van der Waals surface area contributed by atoms with Crippen LogP contribution in [0.15, 0.2) is 46.6 Å². The molecule has 0 aliphatic heterocycles. The second-order valence-electron chi connectivity index (χ2n) is 6.32. The number of hydrogen-bond donors (Lipinski definition) is 0. The van der Waals surface area contributed by atoms with Crippen molar-refractivity contribution in [2.24, 2.45) is 0 Å². The second-order valence-corrected chi connectivity index (χ2v) is 6.32. The minimum atomic E-state index is 1.18. The van der Waals surface area contributed by atoms with Gasteiger partial charge < -0.3 is 0 Å². The van der Waals surface area contributed by atoms with E-state index in [4.69, 9.17) is 0 Å². The Balaban J connectivity index is 3.86. The van der Waals surface area contributed by atoms with Crippen LogP contribution in [0.3, 0.4) is 0 Å². The maximum atomic E-state index is 2.40. The Labute approximate surface area is 127 Å². The van der Waals surface area contributed by atoms with Crippen molar-refractivity contribution in [3.63, 3.8) is 0 Å². The standard InChI is InChI=1S/C20H34/c1-17(2)11-9-15-19(5)13-7-8-14-20(6)16-10-12-18(3)4/h11-14H,7-10,15-16H2,1-6H3/b19-13-,20-14+. The molecule has 20 heavy (non-hydrogen) atoms. The number of allylic oxidation sites excluding steroid dienone is 8. The minimum absolute atomic E-state index is 1.18. The molecule has 114 valence electrons. The highest BCUT2D eigenvalue weighted by atomic mass is 14.0. The fraction of sp³-hybridized carbons (Fsp3) is 0.600. The molecule has 0 nitrogen and oxygen atoms in total. The Morgan fingerprint density at radius 2 is 0.850 bits per heavy atom. The first kappa shape index (κ1) is 19.0. The summed E-state index contributed by atoms with van der Waals surface area (Å²) in [6.45, 7) is 13.2. The van der Waals surface area contributed by atoms with Crippen molar-refractivity contribution in [2.45, 2.75) is 80.1 Å². The van der Waals surface area contributed by atoms with Gasteiger partial charge in [-0.05, 0) is 80.1 Å². The van der Waals surface area contributed by atoms with Gasteiger partial charge in [-0.15, -0.1) is 0 Å². The van der Waals surface area contributed by atoms with Crippen molar-refractivity contribution >= 4 is 0 Å². The van der Waals surface area contributed by atoms with Gasteiger partial charge in [-0.3, -0.25) is 0 Å². The first-order valence-electron chi connectivity index (χ1n) is 7.99. The van der Waals surface area contributed by atoms with E-state index in [1.54, 1.807) is 0 Å². The van der Waals surface area contributed by atoms with E-state index in [0.717, 1.165) is 0 Å². The Hall–Kier alpha value is -1.04. The lowest BCUT2D eigenvalue weighted by molar-refractivity contribution is 0.916. The van der Waals surface area contributed by atoms with E-state index < -0.39 is 0 Å². The van der Waals surface area contributed by atoms with Crippen molar-refractivity contribution in [3.05, 3.63) is 46.6 Å². The molecular weight excluding hydrogens is 240 g/mol. The fourth-order valence-corrected chi connectivity index (χ4v) is 2.04.